The highest BCUT2D eigenvalue weighted by Gasteiger charge is 2.19. The van der Waals surface area contributed by atoms with Crippen LogP contribution in [-0.2, 0) is 10.0 Å². The zero-order chi connectivity index (χ0) is 18.6. The number of halogens is 3. The van der Waals surface area contributed by atoms with Crippen LogP contribution in [0.2, 0.25) is 15.1 Å². The van der Waals surface area contributed by atoms with Crippen LogP contribution in [0.25, 0.3) is 6.08 Å². The summed E-state index contributed by atoms with van der Waals surface area (Å²) in [7, 11) is -2.63. The van der Waals surface area contributed by atoms with Crippen molar-refractivity contribution < 1.29 is 13.2 Å². The average molecular weight is 418 g/mol. The third kappa shape index (κ3) is 4.80. The van der Waals surface area contributed by atoms with Gasteiger partial charge < -0.3 is 4.74 Å². The second-order valence-corrected chi connectivity index (χ2v) is 7.62. The summed E-state index contributed by atoms with van der Waals surface area (Å²) in [4.78, 5) is -0.538. The lowest BCUT2D eigenvalue weighted by molar-refractivity contribution is 0.415. The lowest BCUT2D eigenvalue weighted by Gasteiger charge is -2.08. The summed E-state index contributed by atoms with van der Waals surface area (Å²) in [6, 6.07) is 10.7. The van der Waals surface area contributed by atoms with Crippen LogP contribution < -0.4 is 9.46 Å². The third-order valence-corrected chi connectivity index (χ3v) is 5.38. The summed E-state index contributed by atoms with van der Waals surface area (Å²) in [5.74, 6) is 0.569. The monoisotopic (exact) mass is 416 g/mol. The van der Waals surface area contributed by atoms with Crippen molar-refractivity contribution in [2.75, 3.05) is 11.8 Å². The predicted molar refractivity (Wildman–Crippen MR) is 101 cm³/mol. The highest BCUT2D eigenvalue weighted by atomic mass is 35.5. The topological polar surface area (TPSA) is 79.2 Å². The van der Waals surface area contributed by atoms with Crippen LogP contribution in [0.15, 0.2) is 41.3 Å². The van der Waals surface area contributed by atoms with E-state index in [9.17, 15) is 13.7 Å². The molecule has 0 saturated heterocycles. The van der Waals surface area contributed by atoms with E-state index in [0.29, 0.717) is 5.75 Å². The van der Waals surface area contributed by atoms with Crippen LogP contribution >= 0.6 is 34.8 Å². The molecule has 0 fully saturated rings. The van der Waals surface area contributed by atoms with Gasteiger partial charge >= 0.3 is 0 Å². The van der Waals surface area contributed by atoms with Crippen LogP contribution in [0.3, 0.4) is 0 Å². The maximum Gasteiger partial charge on any atom is 0.272 e. The largest absolute Gasteiger partial charge is 0.497 e. The Hall–Kier alpha value is -1.91. The molecule has 0 aliphatic carbocycles. The molecule has 2 aromatic carbocycles. The first-order valence-electron chi connectivity index (χ1n) is 6.70. The fraction of sp³-hybridized carbons (Fsp3) is 0.0625. The molecule has 0 aliphatic heterocycles. The molecule has 25 heavy (non-hydrogen) atoms. The quantitative estimate of drug-likeness (QED) is 0.551. The van der Waals surface area contributed by atoms with E-state index < -0.39 is 14.9 Å². The van der Waals surface area contributed by atoms with Crippen LogP contribution in [-0.4, -0.2) is 15.5 Å². The normalized spacial score (nSPS) is 11.7. The van der Waals surface area contributed by atoms with Crippen LogP contribution in [0.5, 0.6) is 5.75 Å². The molecule has 130 valence electrons. The summed E-state index contributed by atoms with van der Waals surface area (Å²) in [5, 5.41) is 9.76. The molecule has 0 bridgehead atoms. The highest BCUT2D eigenvalue weighted by molar-refractivity contribution is 7.96. The Labute approximate surface area is 160 Å². The van der Waals surface area contributed by atoms with Gasteiger partial charge in [0.25, 0.3) is 10.0 Å². The van der Waals surface area contributed by atoms with Crippen molar-refractivity contribution in [3.8, 4) is 11.8 Å². The summed E-state index contributed by atoms with van der Waals surface area (Å²) < 4.78 is 32.2. The van der Waals surface area contributed by atoms with Gasteiger partial charge in [-0.15, -0.1) is 0 Å². The number of hydrogen-bond donors (Lipinski definition) is 1. The minimum atomic E-state index is -4.12. The molecule has 0 saturated carbocycles. The highest BCUT2D eigenvalue weighted by Crippen LogP contribution is 2.32. The van der Waals surface area contributed by atoms with Crippen molar-refractivity contribution in [2.45, 2.75) is 0 Å². The molecule has 0 amide bonds. The van der Waals surface area contributed by atoms with E-state index in [1.165, 1.54) is 31.4 Å². The Morgan fingerprint density at radius 3 is 2.40 bits per heavy atom. The molecule has 9 heteroatoms. The summed E-state index contributed by atoms with van der Waals surface area (Å²) in [6.07, 6.45) is 1.10. The van der Waals surface area contributed by atoms with Gasteiger partial charge in [0.2, 0.25) is 0 Å². The second kappa shape index (κ2) is 7.98. The zero-order valence-corrected chi connectivity index (χ0v) is 15.8. The van der Waals surface area contributed by atoms with Crippen molar-refractivity contribution in [3.63, 3.8) is 0 Å². The lowest BCUT2D eigenvalue weighted by Crippen LogP contribution is -2.14. The molecule has 0 radical (unpaired) electrons. The Morgan fingerprint density at radius 2 is 1.84 bits per heavy atom. The van der Waals surface area contributed by atoms with Crippen molar-refractivity contribution in [1.82, 2.24) is 0 Å². The average Bonchev–Trinajstić information content (AvgIpc) is 2.56. The molecule has 0 aliphatic rings. The number of methoxy groups -OCH3 is 1. The van der Waals surface area contributed by atoms with Crippen LogP contribution in [0.4, 0.5) is 5.69 Å². The number of ether oxygens (including phenoxy) is 1. The molecular weight excluding hydrogens is 407 g/mol. The van der Waals surface area contributed by atoms with Crippen LogP contribution in [0.1, 0.15) is 5.56 Å². The SMILES string of the molecule is COc1ccc(NS(=O)(=O)C(C#N)=Cc2cc(Cl)cc(Cl)c2Cl)cc1. The maximum atomic E-state index is 12.4. The number of sulfonamides is 1. The molecule has 0 aromatic heterocycles. The summed E-state index contributed by atoms with van der Waals surface area (Å²) in [5.41, 5.74) is 0.494. The van der Waals surface area contributed by atoms with E-state index in [0.717, 1.165) is 6.08 Å². The summed E-state index contributed by atoms with van der Waals surface area (Å²) in [6.45, 7) is 0. The Bertz CT molecular complexity index is 965. The minimum Gasteiger partial charge on any atom is -0.497 e. The van der Waals surface area contributed by atoms with E-state index in [-0.39, 0.29) is 26.3 Å². The molecule has 2 rings (SSSR count). The first-order chi connectivity index (χ1) is 11.8. The molecule has 0 unspecified atom stereocenters. The number of anilines is 1. The van der Waals surface area contributed by atoms with Crippen molar-refractivity contribution in [3.05, 3.63) is 61.9 Å². The number of hydrogen-bond acceptors (Lipinski definition) is 4. The predicted octanol–water partition coefficient (Wildman–Crippen LogP) is 4.96. The minimum absolute atomic E-state index is 0.0958. The Morgan fingerprint density at radius 1 is 1.20 bits per heavy atom. The number of allylic oxidation sites excluding steroid dienone is 1. The van der Waals surface area contributed by atoms with Gasteiger partial charge in [-0.25, -0.2) is 8.42 Å². The molecule has 1 N–H and O–H groups in total. The van der Waals surface area contributed by atoms with Gasteiger partial charge in [-0.1, -0.05) is 34.8 Å². The van der Waals surface area contributed by atoms with E-state index in [2.05, 4.69) is 4.72 Å². The molecule has 5 nitrogen and oxygen atoms in total. The standard InChI is InChI=1S/C16H11Cl3N2O3S/c1-24-13-4-2-12(3-5-13)21-25(22,23)14(9-20)7-10-6-11(17)8-15(18)16(10)19/h2-8,21H,1H3. The first-order valence-corrected chi connectivity index (χ1v) is 9.31. The third-order valence-electron chi connectivity index (χ3n) is 3.05. The van der Waals surface area contributed by atoms with Gasteiger partial charge in [-0.2, -0.15) is 5.26 Å². The van der Waals surface area contributed by atoms with E-state index in [1.54, 1.807) is 18.2 Å². The molecule has 2 aromatic rings. The van der Waals surface area contributed by atoms with Crippen molar-refractivity contribution >= 4 is 56.6 Å². The maximum absolute atomic E-state index is 12.4. The first kappa shape index (κ1) is 19.4. The summed E-state index contributed by atoms with van der Waals surface area (Å²) >= 11 is 17.8. The zero-order valence-electron chi connectivity index (χ0n) is 12.8. The lowest BCUT2D eigenvalue weighted by atomic mass is 10.2. The fourth-order valence-corrected chi connectivity index (χ4v) is 3.49. The van der Waals surface area contributed by atoms with E-state index in [1.807, 2.05) is 0 Å². The van der Waals surface area contributed by atoms with Gasteiger partial charge in [0.1, 0.15) is 11.8 Å². The van der Waals surface area contributed by atoms with Gasteiger partial charge in [-0.05, 0) is 48.0 Å². The van der Waals surface area contributed by atoms with Gasteiger partial charge in [0.05, 0.1) is 17.2 Å². The number of nitriles is 1. The van der Waals surface area contributed by atoms with E-state index in [4.69, 9.17) is 39.5 Å². The fourth-order valence-electron chi connectivity index (χ4n) is 1.86. The van der Waals surface area contributed by atoms with Crippen molar-refractivity contribution in [1.29, 1.82) is 5.26 Å². The van der Waals surface area contributed by atoms with Gasteiger partial charge in [0.15, 0.2) is 4.91 Å². The number of benzene rings is 2. The molecular formula is C16H11Cl3N2O3S. The van der Waals surface area contributed by atoms with Gasteiger partial charge in [0, 0.05) is 10.7 Å². The van der Waals surface area contributed by atoms with E-state index >= 15 is 0 Å². The van der Waals surface area contributed by atoms with Gasteiger partial charge in [-0.3, -0.25) is 4.72 Å². The number of nitrogens with one attached hydrogen (secondary N) is 1. The Balaban J connectivity index is 2.40. The molecule has 0 heterocycles. The van der Waals surface area contributed by atoms with Crippen LogP contribution in [0, 0.1) is 11.3 Å². The number of rotatable bonds is 5. The molecule has 0 spiro atoms. The molecule has 0 atom stereocenters. The smallest absolute Gasteiger partial charge is 0.272 e. The number of nitrogens with zero attached hydrogens (tertiary/aromatic N) is 1. The Kier molecular flexibility index (Phi) is 6.20. The second-order valence-electron chi connectivity index (χ2n) is 4.75. The van der Waals surface area contributed by atoms with Crippen molar-refractivity contribution in [2.24, 2.45) is 0 Å².